The predicted molar refractivity (Wildman–Crippen MR) is 92.4 cm³/mol. The molecule has 0 amide bonds. The van der Waals surface area contributed by atoms with Crippen LogP contribution in [0.15, 0.2) is 29.3 Å². The zero-order valence-corrected chi connectivity index (χ0v) is 14.7. The van der Waals surface area contributed by atoms with Crippen molar-refractivity contribution in [2.24, 2.45) is 4.99 Å². The van der Waals surface area contributed by atoms with Gasteiger partial charge in [-0.05, 0) is 38.5 Å². The lowest BCUT2D eigenvalue weighted by Crippen LogP contribution is -2.57. The molecule has 0 unspecified atom stereocenters. The van der Waals surface area contributed by atoms with Gasteiger partial charge in [-0.3, -0.25) is 0 Å². The van der Waals surface area contributed by atoms with E-state index in [1.54, 1.807) is 26.0 Å². The van der Waals surface area contributed by atoms with Crippen molar-refractivity contribution in [2.45, 2.75) is 32.1 Å². The predicted octanol–water partition coefficient (Wildman–Crippen LogP) is 1.37. The van der Waals surface area contributed by atoms with Gasteiger partial charge in [-0.2, -0.15) is 0 Å². The van der Waals surface area contributed by atoms with Crippen LogP contribution in [-0.2, 0) is 16.4 Å². The highest BCUT2D eigenvalue weighted by Gasteiger charge is 2.40. The zero-order valence-electron chi connectivity index (χ0n) is 13.9. The Morgan fingerprint density at radius 2 is 2.00 bits per heavy atom. The number of guanidine groups is 1. The fourth-order valence-corrected chi connectivity index (χ4v) is 3.88. The summed E-state index contributed by atoms with van der Waals surface area (Å²) in [5.74, 6) is 1.10. The first kappa shape index (κ1) is 17.6. The van der Waals surface area contributed by atoms with Gasteiger partial charge in [0.05, 0.1) is 17.0 Å². The molecule has 7 heteroatoms. The molecule has 0 atom stereocenters. The summed E-state index contributed by atoms with van der Waals surface area (Å²) in [5, 5.41) is 12.5. The Kier molecular flexibility index (Phi) is 5.19. The normalized spacial score (nSPS) is 20.3. The number of rotatable bonds is 3. The van der Waals surface area contributed by atoms with Gasteiger partial charge >= 0.3 is 0 Å². The van der Waals surface area contributed by atoms with Crippen molar-refractivity contribution in [1.82, 2.24) is 10.2 Å². The van der Waals surface area contributed by atoms with E-state index < -0.39 is 14.6 Å². The molecule has 1 saturated heterocycles. The Labute approximate surface area is 138 Å². The molecule has 1 aromatic carbocycles. The Morgan fingerprint density at radius 3 is 2.57 bits per heavy atom. The third-order valence-corrected chi connectivity index (χ3v) is 6.56. The molecule has 0 radical (unpaired) electrons. The molecule has 1 aliphatic rings. The van der Waals surface area contributed by atoms with Gasteiger partial charge in [0.1, 0.15) is 5.75 Å². The summed E-state index contributed by atoms with van der Waals surface area (Å²) in [4.78, 5) is 6.61. The van der Waals surface area contributed by atoms with Gasteiger partial charge in [0.2, 0.25) is 0 Å². The highest BCUT2D eigenvalue weighted by atomic mass is 32.2. The maximum absolute atomic E-state index is 12.1. The van der Waals surface area contributed by atoms with Gasteiger partial charge in [-0.1, -0.05) is 12.1 Å². The Bertz CT molecular complexity index is 666. The van der Waals surface area contributed by atoms with E-state index in [0.29, 0.717) is 19.6 Å². The second-order valence-electron chi connectivity index (χ2n) is 6.34. The van der Waals surface area contributed by atoms with Crippen LogP contribution in [0.1, 0.15) is 26.3 Å². The Hall–Kier alpha value is -1.76. The van der Waals surface area contributed by atoms with E-state index in [1.165, 1.54) is 0 Å². The summed E-state index contributed by atoms with van der Waals surface area (Å²) >= 11 is 0. The third kappa shape index (κ3) is 4.16. The summed E-state index contributed by atoms with van der Waals surface area (Å²) in [5.41, 5.74) is 0.988. The molecule has 0 aliphatic carbocycles. The standard InChI is InChI=1S/C16H25N3O3S/c1-4-17-15(18-11-13-5-7-14(20)8-6-13)19-9-10-23(21,22)16(2,3)12-19/h5-8,20H,4,9-12H2,1-3H3,(H,17,18). The van der Waals surface area contributed by atoms with E-state index in [2.05, 4.69) is 10.3 Å². The van der Waals surface area contributed by atoms with Gasteiger partial charge < -0.3 is 15.3 Å². The van der Waals surface area contributed by atoms with Crippen molar-refractivity contribution in [1.29, 1.82) is 0 Å². The fourth-order valence-electron chi connectivity index (χ4n) is 2.52. The smallest absolute Gasteiger partial charge is 0.194 e. The number of phenols is 1. The van der Waals surface area contributed by atoms with Crippen LogP contribution in [0, 0.1) is 0 Å². The zero-order chi connectivity index (χ0) is 17.1. The SMILES string of the molecule is CCNC(=NCc1ccc(O)cc1)N1CCS(=O)(=O)C(C)(C)C1. The van der Waals surface area contributed by atoms with Crippen molar-refractivity contribution >= 4 is 15.8 Å². The topological polar surface area (TPSA) is 82.0 Å². The second-order valence-corrected chi connectivity index (χ2v) is 9.08. The molecule has 128 valence electrons. The summed E-state index contributed by atoms with van der Waals surface area (Å²) in [7, 11) is -3.07. The lowest BCUT2D eigenvalue weighted by Gasteiger charge is -2.39. The number of hydrogen-bond donors (Lipinski definition) is 2. The molecule has 1 aromatic rings. The van der Waals surface area contributed by atoms with Crippen molar-refractivity contribution in [3.63, 3.8) is 0 Å². The summed E-state index contributed by atoms with van der Waals surface area (Å²) in [6.45, 7) is 7.59. The monoisotopic (exact) mass is 339 g/mol. The lowest BCUT2D eigenvalue weighted by molar-refractivity contribution is 0.353. The molecular weight excluding hydrogens is 314 g/mol. The van der Waals surface area contributed by atoms with Gasteiger partial charge in [0.15, 0.2) is 15.8 Å². The molecular formula is C16H25N3O3S. The molecule has 1 fully saturated rings. The van der Waals surface area contributed by atoms with Crippen LogP contribution in [0.2, 0.25) is 0 Å². The lowest BCUT2D eigenvalue weighted by atomic mass is 10.2. The average Bonchev–Trinajstić information content (AvgIpc) is 2.48. The number of benzene rings is 1. The van der Waals surface area contributed by atoms with Gasteiger partial charge in [-0.15, -0.1) is 0 Å². The largest absolute Gasteiger partial charge is 0.508 e. The van der Waals surface area contributed by atoms with Crippen LogP contribution >= 0.6 is 0 Å². The van der Waals surface area contributed by atoms with E-state index in [0.717, 1.165) is 18.1 Å². The van der Waals surface area contributed by atoms with E-state index in [9.17, 15) is 13.5 Å². The number of sulfone groups is 1. The Balaban J connectivity index is 2.15. The fraction of sp³-hybridized carbons (Fsp3) is 0.562. The van der Waals surface area contributed by atoms with Crippen LogP contribution in [0.25, 0.3) is 0 Å². The average molecular weight is 339 g/mol. The first-order chi connectivity index (χ1) is 10.7. The first-order valence-electron chi connectivity index (χ1n) is 7.78. The molecule has 1 aliphatic heterocycles. The molecule has 23 heavy (non-hydrogen) atoms. The first-order valence-corrected chi connectivity index (χ1v) is 9.44. The quantitative estimate of drug-likeness (QED) is 0.642. The molecule has 0 saturated carbocycles. The highest BCUT2D eigenvalue weighted by molar-refractivity contribution is 7.92. The molecule has 0 bridgehead atoms. The number of nitrogens with zero attached hydrogens (tertiary/aromatic N) is 2. The number of phenolic OH excluding ortho intramolecular Hbond substituents is 1. The van der Waals surface area contributed by atoms with Crippen molar-refractivity contribution in [2.75, 3.05) is 25.4 Å². The van der Waals surface area contributed by atoms with Gasteiger partial charge in [0, 0.05) is 19.6 Å². The Morgan fingerprint density at radius 1 is 1.35 bits per heavy atom. The van der Waals surface area contributed by atoms with Crippen molar-refractivity contribution in [3.05, 3.63) is 29.8 Å². The molecule has 2 rings (SSSR count). The molecule has 0 spiro atoms. The van der Waals surface area contributed by atoms with Crippen LogP contribution in [0.5, 0.6) is 5.75 Å². The molecule has 2 N–H and O–H groups in total. The van der Waals surface area contributed by atoms with Crippen LogP contribution in [0.3, 0.4) is 0 Å². The summed E-state index contributed by atoms with van der Waals surface area (Å²) < 4.78 is 23.5. The van der Waals surface area contributed by atoms with E-state index >= 15 is 0 Å². The maximum Gasteiger partial charge on any atom is 0.194 e. The molecule has 0 aromatic heterocycles. The third-order valence-electron chi connectivity index (χ3n) is 4.03. The van der Waals surface area contributed by atoms with Crippen LogP contribution < -0.4 is 5.32 Å². The minimum absolute atomic E-state index is 0.142. The number of aromatic hydroxyl groups is 1. The second kappa shape index (κ2) is 6.78. The molecule has 1 heterocycles. The summed E-state index contributed by atoms with van der Waals surface area (Å²) in [6, 6.07) is 6.92. The number of hydrogen-bond acceptors (Lipinski definition) is 4. The van der Waals surface area contributed by atoms with E-state index in [-0.39, 0.29) is 11.5 Å². The van der Waals surface area contributed by atoms with Crippen molar-refractivity contribution < 1.29 is 13.5 Å². The van der Waals surface area contributed by atoms with E-state index in [1.807, 2.05) is 24.0 Å². The molecule has 6 nitrogen and oxygen atoms in total. The summed E-state index contributed by atoms with van der Waals surface area (Å²) in [6.07, 6.45) is 0. The van der Waals surface area contributed by atoms with Crippen LogP contribution in [0.4, 0.5) is 0 Å². The number of nitrogens with one attached hydrogen (secondary N) is 1. The van der Waals surface area contributed by atoms with E-state index in [4.69, 9.17) is 0 Å². The minimum Gasteiger partial charge on any atom is -0.508 e. The maximum atomic E-state index is 12.1. The highest BCUT2D eigenvalue weighted by Crippen LogP contribution is 2.23. The number of aliphatic imine (C=N–C) groups is 1. The van der Waals surface area contributed by atoms with Gasteiger partial charge in [0.25, 0.3) is 0 Å². The minimum atomic E-state index is -3.07. The van der Waals surface area contributed by atoms with Gasteiger partial charge in [-0.25, -0.2) is 13.4 Å². The van der Waals surface area contributed by atoms with Crippen LogP contribution in [-0.4, -0.2) is 54.5 Å². The van der Waals surface area contributed by atoms with Crippen molar-refractivity contribution in [3.8, 4) is 5.75 Å².